The summed E-state index contributed by atoms with van der Waals surface area (Å²) in [6.07, 6.45) is -4.44. The minimum Gasteiger partial charge on any atom is -0.376 e. The standard InChI is InChI=1S/C14H18F3NO2/c1-10(18-8-11-9-19-6-7-20-11)12-4-2-3-5-13(12)14(15,16)17/h2-5,10-11,18H,6-9H2,1H3. The molecule has 1 aromatic carbocycles. The zero-order valence-corrected chi connectivity index (χ0v) is 11.2. The Balaban J connectivity index is 2.00. The van der Waals surface area contributed by atoms with Crippen molar-refractivity contribution in [1.29, 1.82) is 0 Å². The molecule has 1 aliphatic heterocycles. The zero-order valence-electron chi connectivity index (χ0n) is 11.2. The number of ether oxygens (including phenoxy) is 2. The first-order valence-electron chi connectivity index (χ1n) is 6.57. The van der Waals surface area contributed by atoms with E-state index >= 15 is 0 Å². The van der Waals surface area contributed by atoms with Gasteiger partial charge in [-0.15, -0.1) is 0 Å². The number of hydrogen-bond donors (Lipinski definition) is 1. The molecule has 3 nitrogen and oxygen atoms in total. The summed E-state index contributed by atoms with van der Waals surface area (Å²) in [5, 5.41) is 3.08. The number of nitrogens with one attached hydrogen (secondary N) is 1. The molecule has 1 heterocycles. The molecule has 1 aromatic rings. The van der Waals surface area contributed by atoms with Crippen molar-refractivity contribution in [3.05, 3.63) is 35.4 Å². The lowest BCUT2D eigenvalue weighted by Gasteiger charge is -2.26. The molecule has 0 aliphatic carbocycles. The Bertz CT molecular complexity index is 431. The molecule has 1 aliphatic rings. The minimum absolute atomic E-state index is 0.107. The van der Waals surface area contributed by atoms with Gasteiger partial charge in [0.25, 0.3) is 0 Å². The van der Waals surface area contributed by atoms with Crippen LogP contribution in [0.4, 0.5) is 13.2 Å². The van der Waals surface area contributed by atoms with Crippen molar-refractivity contribution in [1.82, 2.24) is 5.32 Å². The molecule has 20 heavy (non-hydrogen) atoms. The topological polar surface area (TPSA) is 30.5 Å². The molecule has 1 N–H and O–H groups in total. The zero-order chi connectivity index (χ0) is 14.6. The highest BCUT2D eigenvalue weighted by Gasteiger charge is 2.34. The van der Waals surface area contributed by atoms with E-state index in [1.807, 2.05) is 0 Å². The Morgan fingerprint density at radius 3 is 2.70 bits per heavy atom. The maximum Gasteiger partial charge on any atom is 0.416 e. The molecule has 2 unspecified atom stereocenters. The average molecular weight is 289 g/mol. The molecule has 2 rings (SSSR count). The first-order valence-corrected chi connectivity index (χ1v) is 6.57. The van der Waals surface area contributed by atoms with Gasteiger partial charge in [0.15, 0.2) is 0 Å². The van der Waals surface area contributed by atoms with E-state index in [9.17, 15) is 13.2 Å². The van der Waals surface area contributed by atoms with Crippen LogP contribution in [0.2, 0.25) is 0 Å². The summed E-state index contributed by atoms with van der Waals surface area (Å²) >= 11 is 0. The summed E-state index contributed by atoms with van der Waals surface area (Å²) in [6, 6.07) is 5.21. The fourth-order valence-electron chi connectivity index (χ4n) is 2.21. The maximum absolute atomic E-state index is 12.9. The number of hydrogen-bond acceptors (Lipinski definition) is 3. The number of rotatable bonds is 4. The fourth-order valence-corrected chi connectivity index (χ4v) is 2.21. The van der Waals surface area contributed by atoms with E-state index in [1.165, 1.54) is 12.1 Å². The van der Waals surface area contributed by atoms with Crippen molar-refractivity contribution in [2.24, 2.45) is 0 Å². The fraction of sp³-hybridized carbons (Fsp3) is 0.571. The van der Waals surface area contributed by atoms with E-state index in [0.29, 0.717) is 26.4 Å². The van der Waals surface area contributed by atoms with Crippen molar-refractivity contribution in [3.8, 4) is 0 Å². The Morgan fingerprint density at radius 2 is 2.05 bits per heavy atom. The highest BCUT2D eigenvalue weighted by atomic mass is 19.4. The quantitative estimate of drug-likeness (QED) is 0.924. The van der Waals surface area contributed by atoms with Crippen LogP contribution in [0.1, 0.15) is 24.1 Å². The third-order valence-corrected chi connectivity index (χ3v) is 3.27. The molecule has 112 valence electrons. The molecule has 0 bridgehead atoms. The molecule has 0 spiro atoms. The number of alkyl halides is 3. The van der Waals surface area contributed by atoms with Gasteiger partial charge in [-0.25, -0.2) is 0 Å². The van der Waals surface area contributed by atoms with E-state index in [-0.39, 0.29) is 11.7 Å². The molecular formula is C14H18F3NO2. The second-order valence-electron chi connectivity index (χ2n) is 4.78. The van der Waals surface area contributed by atoms with Crippen molar-refractivity contribution in [3.63, 3.8) is 0 Å². The van der Waals surface area contributed by atoms with Gasteiger partial charge >= 0.3 is 6.18 Å². The molecular weight excluding hydrogens is 271 g/mol. The van der Waals surface area contributed by atoms with Crippen molar-refractivity contribution >= 4 is 0 Å². The van der Waals surface area contributed by atoms with Gasteiger partial charge in [-0.1, -0.05) is 18.2 Å². The first kappa shape index (κ1) is 15.3. The Morgan fingerprint density at radius 1 is 1.30 bits per heavy atom. The van der Waals surface area contributed by atoms with E-state index in [4.69, 9.17) is 9.47 Å². The second kappa shape index (κ2) is 6.56. The predicted molar refractivity (Wildman–Crippen MR) is 68.4 cm³/mol. The molecule has 0 amide bonds. The number of halogens is 3. The summed E-state index contributed by atoms with van der Waals surface area (Å²) in [4.78, 5) is 0. The highest BCUT2D eigenvalue weighted by Crippen LogP contribution is 2.34. The molecule has 0 saturated carbocycles. The monoisotopic (exact) mass is 289 g/mol. The van der Waals surface area contributed by atoms with Gasteiger partial charge in [-0.05, 0) is 18.6 Å². The van der Waals surface area contributed by atoms with Crippen LogP contribution in [0.5, 0.6) is 0 Å². The van der Waals surface area contributed by atoms with Gasteiger partial charge in [0.2, 0.25) is 0 Å². The smallest absolute Gasteiger partial charge is 0.376 e. The van der Waals surface area contributed by atoms with Gasteiger partial charge < -0.3 is 14.8 Å². The van der Waals surface area contributed by atoms with Crippen molar-refractivity contribution in [2.45, 2.75) is 25.2 Å². The van der Waals surface area contributed by atoms with Crippen LogP contribution in [0, 0.1) is 0 Å². The van der Waals surface area contributed by atoms with E-state index in [0.717, 1.165) is 6.07 Å². The van der Waals surface area contributed by atoms with Crippen LogP contribution in [-0.2, 0) is 15.7 Å². The third-order valence-electron chi connectivity index (χ3n) is 3.27. The summed E-state index contributed by atoms with van der Waals surface area (Å²) in [5.41, 5.74) is -0.349. The Hall–Kier alpha value is -1.11. The molecule has 2 atom stereocenters. The molecule has 0 aromatic heterocycles. The van der Waals surface area contributed by atoms with Crippen molar-refractivity contribution in [2.75, 3.05) is 26.4 Å². The van der Waals surface area contributed by atoms with Crippen molar-refractivity contribution < 1.29 is 22.6 Å². The van der Waals surface area contributed by atoms with Gasteiger partial charge in [-0.3, -0.25) is 0 Å². The van der Waals surface area contributed by atoms with E-state index in [1.54, 1.807) is 13.0 Å². The molecule has 1 saturated heterocycles. The lowest BCUT2D eigenvalue weighted by Crippen LogP contribution is -2.38. The maximum atomic E-state index is 12.9. The third kappa shape index (κ3) is 3.94. The average Bonchev–Trinajstić information content (AvgIpc) is 2.45. The summed E-state index contributed by atoms with van der Waals surface area (Å²) in [7, 11) is 0. The lowest BCUT2D eigenvalue weighted by atomic mass is 10.0. The van der Waals surface area contributed by atoms with Crippen LogP contribution in [0.3, 0.4) is 0 Å². The number of benzene rings is 1. The van der Waals surface area contributed by atoms with Crippen LogP contribution < -0.4 is 5.32 Å². The Labute approximate surface area is 116 Å². The molecule has 1 fully saturated rings. The Kier molecular flexibility index (Phi) is 5.01. The van der Waals surface area contributed by atoms with Gasteiger partial charge in [-0.2, -0.15) is 13.2 Å². The summed E-state index contributed by atoms with van der Waals surface area (Å²) in [6.45, 7) is 3.76. The predicted octanol–water partition coefficient (Wildman–Crippen LogP) is 2.77. The van der Waals surface area contributed by atoms with Crippen LogP contribution >= 0.6 is 0 Å². The highest BCUT2D eigenvalue weighted by molar-refractivity contribution is 5.32. The second-order valence-corrected chi connectivity index (χ2v) is 4.78. The minimum atomic E-state index is -4.34. The van der Waals surface area contributed by atoms with Crippen LogP contribution in [0.25, 0.3) is 0 Å². The molecule has 6 heteroatoms. The summed E-state index contributed by atoms with van der Waals surface area (Å²) in [5.74, 6) is 0. The largest absolute Gasteiger partial charge is 0.416 e. The van der Waals surface area contributed by atoms with Gasteiger partial charge in [0.1, 0.15) is 0 Å². The lowest BCUT2D eigenvalue weighted by molar-refractivity contribution is -0.138. The summed E-state index contributed by atoms with van der Waals surface area (Å²) < 4.78 is 49.5. The normalized spacial score (nSPS) is 21.7. The van der Waals surface area contributed by atoms with Crippen LogP contribution in [-0.4, -0.2) is 32.5 Å². The van der Waals surface area contributed by atoms with E-state index < -0.39 is 17.8 Å². The SMILES string of the molecule is CC(NCC1COCCO1)c1ccccc1C(F)(F)F. The van der Waals surface area contributed by atoms with Gasteiger partial charge in [0, 0.05) is 12.6 Å². The first-order chi connectivity index (χ1) is 9.48. The van der Waals surface area contributed by atoms with Gasteiger partial charge in [0.05, 0.1) is 31.5 Å². The van der Waals surface area contributed by atoms with Crippen LogP contribution in [0.15, 0.2) is 24.3 Å². The van der Waals surface area contributed by atoms with E-state index in [2.05, 4.69) is 5.32 Å². The molecule has 0 radical (unpaired) electrons.